The zero-order chi connectivity index (χ0) is 13.6. The molecule has 19 heavy (non-hydrogen) atoms. The maximum atomic E-state index is 12.6. The molecule has 2 heterocycles. The second-order valence-corrected chi connectivity index (χ2v) is 5.50. The van der Waals surface area contributed by atoms with Crippen molar-refractivity contribution in [2.45, 2.75) is 43.8 Å². The highest BCUT2D eigenvalue weighted by molar-refractivity contribution is 6.00. The predicted molar refractivity (Wildman–Crippen MR) is 70.0 cm³/mol. The lowest BCUT2D eigenvalue weighted by atomic mass is 9.97. The van der Waals surface area contributed by atoms with E-state index >= 15 is 0 Å². The van der Waals surface area contributed by atoms with E-state index in [9.17, 15) is 15.0 Å². The van der Waals surface area contributed by atoms with E-state index in [1.165, 1.54) is 18.2 Å². The highest BCUT2D eigenvalue weighted by Crippen LogP contribution is 2.38. The Morgan fingerprint density at radius 3 is 2.21 bits per heavy atom. The number of rotatable bonds is 1. The van der Waals surface area contributed by atoms with Gasteiger partial charge >= 0.3 is 0 Å². The van der Waals surface area contributed by atoms with Crippen LogP contribution in [-0.2, 0) is 0 Å². The Balaban J connectivity index is 1.93. The van der Waals surface area contributed by atoms with E-state index in [4.69, 9.17) is 5.73 Å². The Kier molecular flexibility index (Phi) is 2.86. The van der Waals surface area contributed by atoms with Crippen molar-refractivity contribution in [1.29, 1.82) is 0 Å². The van der Waals surface area contributed by atoms with Crippen molar-refractivity contribution in [2.24, 2.45) is 5.73 Å². The number of hydrogen-bond acceptors (Lipinski definition) is 4. The molecule has 2 saturated heterocycles. The molecule has 5 nitrogen and oxygen atoms in total. The number of hydrogen-bond donors (Lipinski definition) is 3. The first-order valence-electron chi connectivity index (χ1n) is 6.67. The zero-order valence-electron chi connectivity index (χ0n) is 10.6. The zero-order valence-corrected chi connectivity index (χ0v) is 10.6. The number of carbonyl (C=O) groups is 1. The number of phenols is 2. The van der Waals surface area contributed by atoms with Crippen molar-refractivity contribution in [1.82, 2.24) is 4.90 Å². The van der Waals surface area contributed by atoms with Crippen LogP contribution >= 0.6 is 0 Å². The fourth-order valence-corrected chi connectivity index (χ4v) is 3.43. The van der Waals surface area contributed by atoms with Crippen molar-refractivity contribution in [2.75, 3.05) is 0 Å². The van der Waals surface area contributed by atoms with Crippen molar-refractivity contribution in [3.05, 3.63) is 23.8 Å². The number of fused-ring (bicyclic) bond motifs is 2. The molecule has 1 amide bonds. The Hall–Kier alpha value is -1.75. The SMILES string of the molecule is NC1CC2CCC(C1)N2C(=O)c1c(O)cccc1O. The normalized spacial score (nSPS) is 29.5. The third-order valence-corrected chi connectivity index (χ3v) is 4.24. The first kappa shape index (κ1) is 12.3. The van der Waals surface area contributed by atoms with Gasteiger partial charge in [-0.1, -0.05) is 6.07 Å². The van der Waals surface area contributed by atoms with Crippen LogP contribution in [0.1, 0.15) is 36.0 Å². The average molecular weight is 262 g/mol. The molecule has 0 aromatic heterocycles. The molecule has 0 saturated carbocycles. The molecule has 4 N–H and O–H groups in total. The summed E-state index contributed by atoms with van der Waals surface area (Å²) in [6.45, 7) is 0. The van der Waals surface area contributed by atoms with Crippen molar-refractivity contribution in [3.8, 4) is 11.5 Å². The molecule has 5 heteroatoms. The van der Waals surface area contributed by atoms with Gasteiger partial charge in [0.25, 0.3) is 5.91 Å². The van der Waals surface area contributed by atoms with Crippen LogP contribution in [0.2, 0.25) is 0 Å². The molecule has 2 fully saturated rings. The maximum Gasteiger partial charge on any atom is 0.261 e. The fourth-order valence-electron chi connectivity index (χ4n) is 3.43. The average Bonchev–Trinajstić information content (AvgIpc) is 2.61. The van der Waals surface area contributed by atoms with Crippen LogP contribution in [0.5, 0.6) is 11.5 Å². The summed E-state index contributed by atoms with van der Waals surface area (Å²) in [5.41, 5.74) is 5.99. The van der Waals surface area contributed by atoms with Gasteiger partial charge in [-0.3, -0.25) is 4.79 Å². The van der Waals surface area contributed by atoms with Crippen molar-refractivity contribution in [3.63, 3.8) is 0 Å². The molecule has 0 spiro atoms. The molecule has 2 aliphatic heterocycles. The van der Waals surface area contributed by atoms with Crippen molar-refractivity contribution < 1.29 is 15.0 Å². The van der Waals surface area contributed by atoms with Crippen LogP contribution < -0.4 is 5.73 Å². The van der Waals surface area contributed by atoms with E-state index < -0.39 is 0 Å². The van der Waals surface area contributed by atoms with Gasteiger partial charge < -0.3 is 20.8 Å². The van der Waals surface area contributed by atoms with E-state index in [1.54, 1.807) is 4.90 Å². The number of nitrogens with zero attached hydrogens (tertiary/aromatic N) is 1. The van der Waals surface area contributed by atoms with E-state index in [2.05, 4.69) is 0 Å². The lowest BCUT2D eigenvalue weighted by Crippen LogP contribution is -2.50. The third-order valence-electron chi connectivity index (χ3n) is 4.24. The number of piperidine rings is 1. The highest BCUT2D eigenvalue weighted by Gasteiger charge is 2.43. The molecular weight excluding hydrogens is 244 g/mol. The summed E-state index contributed by atoms with van der Waals surface area (Å²) in [7, 11) is 0. The number of carbonyl (C=O) groups excluding carboxylic acids is 1. The molecule has 1 aromatic rings. The number of aromatic hydroxyl groups is 2. The van der Waals surface area contributed by atoms with Crippen LogP contribution in [0.3, 0.4) is 0 Å². The largest absolute Gasteiger partial charge is 0.507 e. The summed E-state index contributed by atoms with van der Waals surface area (Å²) in [5.74, 6) is -0.617. The van der Waals surface area contributed by atoms with E-state index in [-0.39, 0.29) is 41.1 Å². The van der Waals surface area contributed by atoms with E-state index in [0.29, 0.717) is 0 Å². The minimum atomic E-state index is -0.282. The monoisotopic (exact) mass is 262 g/mol. The molecule has 2 bridgehead atoms. The van der Waals surface area contributed by atoms with Crippen LogP contribution in [0, 0.1) is 0 Å². The molecule has 0 radical (unpaired) electrons. The highest BCUT2D eigenvalue weighted by atomic mass is 16.3. The van der Waals surface area contributed by atoms with Crippen molar-refractivity contribution >= 4 is 5.91 Å². The van der Waals surface area contributed by atoms with Gasteiger partial charge in [-0.15, -0.1) is 0 Å². The number of amides is 1. The van der Waals surface area contributed by atoms with Gasteiger partial charge in [0.05, 0.1) is 0 Å². The van der Waals surface area contributed by atoms with Crippen LogP contribution in [0.25, 0.3) is 0 Å². The molecule has 102 valence electrons. The van der Waals surface area contributed by atoms with E-state index in [0.717, 1.165) is 25.7 Å². The minimum absolute atomic E-state index is 0.00914. The molecule has 2 aliphatic rings. The lowest BCUT2D eigenvalue weighted by molar-refractivity contribution is 0.0569. The number of benzene rings is 1. The first-order valence-corrected chi connectivity index (χ1v) is 6.67. The van der Waals surface area contributed by atoms with Gasteiger partial charge in [-0.25, -0.2) is 0 Å². The van der Waals surface area contributed by atoms with Gasteiger partial charge in [0.1, 0.15) is 17.1 Å². The molecule has 1 aromatic carbocycles. The molecule has 2 unspecified atom stereocenters. The van der Waals surface area contributed by atoms with Crippen LogP contribution in [0.15, 0.2) is 18.2 Å². The summed E-state index contributed by atoms with van der Waals surface area (Å²) in [6.07, 6.45) is 3.52. The Labute approximate surface area is 111 Å². The van der Waals surface area contributed by atoms with Gasteiger partial charge in [-0.05, 0) is 37.8 Å². The Morgan fingerprint density at radius 2 is 1.68 bits per heavy atom. The Bertz CT molecular complexity index is 483. The Morgan fingerprint density at radius 1 is 1.16 bits per heavy atom. The summed E-state index contributed by atoms with van der Waals surface area (Å²) in [4.78, 5) is 14.4. The first-order chi connectivity index (χ1) is 9.08. The van der Waals surface area contributed by atoms with E-state index in [1.807, 2.05) is 0 Å². The standard InChI is InChI=1S/C14H18N2O3/c15-8-6-9-4-5-10(7-8)16(9)14(19)13-11(17)2-1-3-12(13)18/h1-3,8-10,17-18H,4-7,15H2. The summed E-state index contributed by atoms with van der Waals surface area (Å²) in [6, 6.07) is 4.79. The maximum absolute atomic E-state index is 12.6. The fraction of sp³-hybridized carbons (Fsp3) is 0.500. The second kappa shape index (κ2) is 4.42. The molecule has 0 aliphatic carbocycles. The predicted octanol–water partition coefficient (Wildman–Crippen LogP) is 1.19. The van der Waals surface area contributed by atoms with Gasteiger partial charge in [0.15, 0.2) is 0 Å². The third kappa shape index (κ3) is 1.94. The molecule has 2 atom stereocenters. The van der Waals surface area contributed by atoms with Gasteiger partial charge in [0.2, 0.25) is 0 Å². The minimum Gasteiger partial charge on any atom is -0.507 e. The smallest absolute Gasteiger partial charge is 0.261 e. The van der Waals surface area contributed by atoms with Crippen LogP contribution in [-0.4, -0.2) is 39.1 Å². The summed E-state index contributed by atoms with van der Waals surface area (Å²) in [5, 5.41) is 19.6. The quantitative estimate of drug-likeness (QED) is 0.709. The molecule has 3 rings (SSSR count). The number of nitrogens with two attached hydrogens (primary N) is 1. The topological polar surface area (TPSA) is 86.8 Å². The van der Waals surface area contributed by atoms with Crippen LogP contribution in [0.4, 0.5) is 0 Å². The number of phenolic OH excluding ortho intramolecular Hbond substituents is 2. The molecular formula is C14H18N2O3. The summed E-state index contributed by atoms with van der Waals surface area (Å²) >= 11 is 0. The van der Waals surface area contributed by atoms with Gasteiger partial charge in [0, 0.05) is 18.1 Å². The summed E-state index contributed by atoms with van der Waals surface area (Å²) < 4.78 is 0. The lowest BCUT2D eigenvalue weighted by Gasteiger charge is -2.37. The second-order valence-electron chi connectivity index (χ2n) is 5.50. The van der Waals surface area contributed by atoms with Gasteiger partial charge in [-0.2, -0.15) is 0 Å².